The van der Waals surface area contributed by atoms with Crippen LogP contribution in [0.3, 0.4) is 0 Å². The Labute approximate surface area is 95.3 Å². The molecule has 0 saturated carbocycles. The lowest BCUT2D eigenvalue weighted by atomic mass is 10.1. The summed E-state index contributed by atoms with van der Waals surface area (Å²) in [6.07, 6.45) is 1.68. The number of aryl methyl sites for hydroxylation is 1. The van der Waals surface area contributed by atoms with Gasteiger partial charge in [-0.25, -0.2) is 10.8 Å². The fourth-order valence-electron chi connectivity index (χ4n) is 1.26. The van der Waals surface area contributed by atoms with Gasteiger partial charge in [-0.3, -0.25) is 5.43 Å². The van der Waals surface area contributed by atoms with Gasteiger partial charge in [-0.1, -0.05) is 13.8 Å². The first-order valence-corrected chi connectivity index (χ1v) is 5.26. The number of nitrogens with two attached hydrogens (primary N) is 1. The molecule has 6 nitrogen and oxygen atoms in total. The summed E-state index contributed by atoms with van der Waals surface area (Å²) in [5.41, 5.74) is 3.31. The highest BCUT2D eigenvalue weighted by Crippen LogP contribution is 2.15. The van der Waals surface area contributed by atoms with Crippen LogP contribution in [0.2, 0.25) is 0 Å². The first-order chi connectivity index (χ1) is 7.58. The maximum Gasteiger partial charge on any atom is 0.239 e. The predicted molar refractivity (Wildman–Crippen MR) is 63.9 cm³/mol. The zero-order chi connectivity index (χ0) is 12.1. The van der Waals surface area contributed by atoms with Crippen molar-refractivity contribution in [1.82, 2.24) is 9.97 Å². The maximum absolute atomic E-state index is 9.23. The molecule has 1 aromatic rings. The van der Waals surface area contributed by atoms with Crippen LogP contribution in [0.4, 0.5) is 11.8 Å². The van der Waals surface area contributed by atoms with Crippen LogP contribution in [-0.4, -0.2) is 27.7 Å². The molecule has 0 bridgehead atoms. The molecule has 0 unspecified atom stereocenters. The monoisotopic (exact) mass is 225 g/mol. The SMILES string of the molecule is Cc1cnc(NN)nc1N[C@H](CO)C(C)C. The summed E-state index contributed by atoms with van der Waals surface area (Å²) in [6.45, 7) is 6.03. The molecular weight excluding hydrogens is 206 g/mol. The van der Waals surface area contributed by atoms with E-state index in [2.05, 4.69) is 20.7 Å². The highest BCUT2D eigenvalue weighted by Gasteiger charge is 2.14. The van der Waals surface area contributed by atoms with Crippen molar-refractivity contribution in [2.24, 2.45) is 11.8 Å². The maximum atomic E-state index is 9.23. The second-order valence-corrected chi connectivity index (χ2v) is 4.05. The topological polar surface area (TPSA) is 96.1 Å². The van der Waals surface area contributed by atoms with E-state index in [4.69, 9.17) is 5.84 Å². The molecule has 1 rings (SSSR count). The van der Waals surface area contributed by atoms with Gasteiger partial charge in [0.05, 0.1) is 12.6 Å². The Hall–Kier alpha value is -1.40. The molecule has 1 aromatic heterocycles. The van der Waals surface area contributed by atoms with Crippen LogP contribution in [0.25, 0.3) is 0 Å². The van der Waals surface area contributed by atoms with E-state index in [1.807, 2.05) is 20.8 Å². The number of hydrazine groups is 1. The molecule has 0 radical (unpaired) electrons. The lowest BCUT2D eigenvalue weighted by Crippen LogP contribution is -2.30. The Morgan fingerprint density at radius 3 is 2.69 bits per heavy atom. The molecule has 16 heavy (non-hydrogen) atoms. The molecule has 0 spiro atoms. The van der Waals surface area contributed by atoms with E-state index in [0.717, 1.165) is 5.56 Å². The van der Waals surface area contributed by atoms with Crippen molar-refractivity contribution in [3.63, 3.8) is 0 Å². The standard InChI is InChI=1S/C10H19N5O/c1-6(2)8(5-16)13-9-7(3)4-12-10(14-9)15-11/h4,6,8,16H,5,11H2,1-3H3,(H2,12,13,14,15)/t8-/m1/s1. The molecule has 0 aliphatic rings. The highest BCUT2D eigenvalue weighted by molar-refractivity contribution is 5.46. The van der Waals surface area contributed by atoms with Crippen LogP contribution in [0.5, 0.6) is 0 Å². The van der Waals surface area contributed by atoms with E-state index in [9.17, 15) is 5.11 Å². The van der Waals surface area contributed by atoms with Gasteiger partial charge < -0.3 is 10.4 Å². The Kier molecular flexibility index (Phi) is 4.45. The summed E-state index contributed by atoms with van der Waals surface area (Å²) in [7, 11) is 0. The average molecular weight is 225 g/mol. The number of hydrogen-bond acceptors (Lipinski definition) is 6. The number of hydrogen-bond donors (Lipinski definition) is 4. The molecule has 0 amide bonds. The predicted octanol–water partition coefficient (Wildman–Crippen LogP) is 0.499. The first kappa shape index (κ1) is 12.7. The van der Waals surface area contributed by atoms with Crippen LogP contribution >= 0.6 is 0 Å². The third-order valence-electron chi connectivity index (χ3n) is 2.42. The van der Waals surface area contributed by atoms with Gasteiger partial charge in [0.1, 0.15) is 5.82 Å². The molecule has 1 heterocycles. The fraction of sp³-hybridized carbons (Fsp3) is 0.600. The van der Waals surface area contributed by atoms with E-state index < -0.39 is 0 Å². The van der Waals surface area contributed by atoms with E-state index in [1.165, 1.54) is 0 Å². The van der Waals surface area contributed by atoms with Gasteiger partial charge in [0.2, 0.25) is 5.95 Å². The lowest BCUT2D eigenvalue weighted by molar-refractivity contribution is 0.249. The second-order valence-electron chi connectivity index (χ2n) is 4.05. The van der Waals surface area contributed by atoms with Crippen LogP contribution < -0.4 is 16.6 Å². The van der Waals surface area contributed by atoms with Crippen molar-refractivity contribution in [3.05, 3.63) is 11.8 Å². The van der Waals surface area contributed by atoms with Gasteiger partial charge in [0.25, 0.3) is 0 Å². The van der Waals surface area contributed by atoms with Gasteiger partial charge in [-0.05, 0) is 12.8 Å². The van der Waals surface area contributed by atoms with Gasteiger partial charge in [0.15, 0.2) is 0 Å². The van der Waals surface area contributed by atoms with Gasteiger partial charge >= 0.3 is 0 Å². The lowest BCUT2D eigenvalue weighted by Gasteiger charge is -2.21. The minimum atomic E-state index is -0.0285. The zero-order valence-electron chi connectivity index (χ0n) is 9.86. The Morgan fingerprint density at radius 2 is 2.19 bits per heavy atom. The zero-order valence-corrected chi connectivity index (χ0v) is 9.86. The van der Waals surface area contributed by atoms with Gasteiger partial charge in [-0.2, -0.15) is 4.98 Å². The van der Waals surface area contributed by atoms with Crippen molar-refractivity contribution in [2.75, 3.05) is 17.3 Å². The normalized spacial score (nSPS) is 12.6. The highest BCUT2D eigenvalue weighted by atomic mass is 16.3. The summed E-state index contributed by atoms with van der Waals surface area (Å²) in [5.74, 6) is 6.60. The summed E-state index contributed by atoms with van der Waals surface area (Å²) in [4.78, 5) is 8.18. The molecule has 0 saturated heterocycles. The average Bonchev–Trinajstić information content (AvgIpc) is 2.27. The van der Waals surface area contributed by atoms with E-state index in [1.54, 1.807) is 6.20 Å². The smallest absolute Gasteiger partial charge is 0.239 e. The molecule has 0 aromatic carbocycles. The number of aromatic nitrogens is 2. The number of aliphatic hydroxyl groups is 1. The van der Waals surface area contributed by atoms with Crippen LogP contribution in [0, 0.1) is 12.8 Å². The quantitative estimate of drug-likeness (QED) is 0.430. The van der Waals surface area contributed by atoms with Gasteiger partial charge in [0, 0.05) is 11.8 Å². The van der Waals surface area contributed by atoms with Crippen molar-refractivity contribution in [2.45, 2.75) is 26.8 Å². The Balaban J connectivity index is 2.86. The van der Waals surface area contributed by atoms with Crippen LogP contribution in [0.15, 0.2) is 6.20 Å². The number of nitrogens with zero attached hydrogens (tertiary/aromatic N) is 2. The molecule has 5 N–H and O–H groups in total. The largest absolute Gasteiger partial charge is 0.394 e. The molecule has 0 aliphatic heterocycles. The summed E-state index contributed by atoms with van der Waals surface area (Å²) < 4.78 is 0. The number of nitrogen functional groups attached to an aromatic ring is 1. The number of anilines is 2. The van der Waals surface area contributed by atoms with Crippen molar-refractivity contribution in [1.29, 1.82) is 0 Å². The van der Waals surface area contributed by atoms with Crippen LogP contribution in [-0.2, 0) is 0 Å². The molecular formula is C10H19N5O. The third kappa shape index (κ3) is 3.04. The van der Waals surface area contributed by atoms with Crippen LogP contribution in [0.1, 0.15) is 19.4 Å². The van der Waals surface area contributed by atoms with E-state index in [0.29, 0.717) is 17.7 Å². The summed E-state index contributed by atoms with van der Waals surface area (Å²) >= 11 is 0. The second kappa shape index (κ2) is 5.62. The van der Waals surface area contributed by atoms with Crippen molar-refractivity contribution in [3.8, 4) is 0 Å². The van der Waals surface area contributed by atoms with E-state index >= 15 is 0 Å². The molecule has 6 heteroatoms. The summed E-state index contributed by atoms with van der Waals surface area (Å²) in [5, 5.41) is 12.4. The molecule has 1 atom stereocenters. The molecule has 90 valence electrons. The number of rotatable bonds is 5. The minimum Gasteiger partial charge on any atom is -0.394 e. The van der Waals surface area contributed by atoms with E-state index in [-0.39, 0.29) is 12.6 Å². The van der Waals surface area contributed by atoms with Crippen molar-refractivity contribution >= 4 is 11.8 Å². The Bertz CT molecular complexity index is 342. The van der Waals surface area contributed by atoms with Crippen molar-refractivity contribution < 1.29 is 5.11 Å². The minimum absolute atomic E-state index is 0.0285. The number of aliphatic hydroxyl groups excluding tert-OH is 1. The fourth-order valence-corrected chi connectivity index (χ4v) is 1.26. The molecule has 0 fully saturated rings. The molecule has 0 aliphatic carbocycles. The first-order valence-electron chi connectivity index (χ1n) is 5.26. The third-order valence-corrected chi connectivity index (χ3v) is 2.42. The van der Waals surface area contributed by atoms with Gasteiger partial charge in [-0.15, -0.1) is 0 Å². The Morgan fingerprint density at radius 1 is 1.50 bits per heavy atom. The number of nitrogens with one attached hydrogen (secondary N) is 2. The summed E-state index contributed by atoms with van der Waals surface area (Å²) in [6, 6.07) is -0.0285.